The molecule has 1 N–H and O–H groups in total. The van der Waals surface area contributed by atoms with Crippen molar-refractivity contribution in [3.8, 4) is 0 Å². The zero-order chi connectivity index (χ0) is 14.8. The van der Waals surface area contributed by atoms with Gasteiger partial charge in [0, 0.05) is 50.9 Å². The van der Waals surface area contributed by atoms with Crippen LogP contribution in [-0.2, 0) is 14.6 Å². The minimum atomic E-state index is -2.92. The molecule has 0 aromatic rings. The summed E-state index contributed by atoms with van der Waals surface area (Å²) in [5.41, 5.74) is 0.00884. The van der Waals surface area contributed by atoms with Gasteiger partial charge in [-0.05, 0) is 19.9 Å². The van der Waals surface area contributed by atoms with Gasteiger partial charge in [0.25, 0.3) is 0 Å². The summed E-state index contributed by atoms with van der Waals surface area (Å²) < 4.78 is 22.6. The predicted molar refractivity (Wildman–Crippen MR) is 78.4 cm³/mol. The lowest BCUT2D eigenvalue weighted by Crippen LogP contribution is -2.61. The number of carbonyl (C=O) groups is 1. The van der Waals surface area contributed by atoms with E-state index in [2.05, 4.69) is 22.2 Å². The number of piperazine rings is 1. The molecule has 0 aromatic heterocycles. The van der Waals surface area contributed by atoms with Gasteiger partial charge in [-0.1, -0.05) is 0 Å². The average molecular weight is 303 g/mol. The van der Waals surface area contributed by atoms with E-state index in [0.29, 0.717) is 19.5 Å². The van der Waals surface area contributed by atoms with Gasteiger partial charge in [-0.15, -0.1) is 0 Å². The Morgan fingerprint density at radius 3 is 2.75 bits per heavy atom. The molecule has 1 atom stereocenters. The molecule has 2 aliphatic heterocycles. The first-order valence-electron chi connectivity index (χ1n) is 7.19. The molecule has 20 heavy (non-hydrogen) atoms. The molecule has 0 bridgehead atoms. The van der Waals surface area contributed by atoms with Crippen molar-refractivity contribution in [1.82, 2.24) is 15.1 Å². The molecular formula is C13H25N3O3S. The molecule has 2 rings (SSSR count). The van der Waals surface area contributed by atoms with E-state index in [4.69, 9.17) is 0 Å². The van der Waals surface area contributed by atoms with Gasteiger partial charge < -0.3 is 5.32 Å². The second-order valence-corrected chi connectivity index (χ2v) is 8.41. The Labute approximate surface area is 121 Å². The van der Waals surface area contributed by atoms with Gasteiger partial charge in [-0.25, -0.2) is 8.42 Å². The molecule has 0 aliphatic carbocycles. The highest BCUT2D eigenvalue weighted by Crippen LogP contribution is 2.30. The Kier molecular flexibility index (Phi) is 4.71. The number of hydrogen-bond acceptors (Lipinski definition) is 5. The summed E-state index contributed by atoms with van der Waals surface area (Å²) in [4.78, 5) is 16.1. The number of nitrogens with one attached hydrogen (secondary N) is 1. The Balaban J connectivity index is 2.02. The minimum Gasteiger partial charge on any atom is -0.356 e. The third kappa shape index (κ3) is 3.93. The Morgan fingerprint density at radius 2 is 2.05 bits per heavy atom. The van der Waals surface area contributed by atoms with Gasteiger partial charge in [0.05, 0.1) is 5.75 Å². The summed E-state index contributed by atoms with van der Waals surface area (Å²) in [6, 6.07) is 0. The molecule has 1 spiro atoms. The maximum Gasteiger partial charge on any atom is 0.220 e. The van der Waals surface area contributed by atoms with Crippen molar-refractivity contribution < 1.29 is 13.2 Å². The fourth-order valence-corrected chi connectivity index (χ4v) is 3.75. The molecule has 6 nitrogen and oxygen atoms in total. The summed E-state index contributed by atoms with van der Waals surface area (Å²) in [5, 5.41) is 2.93. The maximum atomic E-state index is 11.5. The number of amides is 1. The third-order valence-electron chi connectivity index (χ3n) is 4.59. The van der Waals surface area contributed by atoms with E-state index in [1.165, 1.54) is 6.26 Å². The number of hydrogen-bond donors (Lipinski definition) is 1. The van der Waals surface area contributed by atoms with Crippen LogP contribution in [0.2, 0.25) is 0 Å². The van der Waals surface area contributed by atoms with Crippen LogP contribution in [0.15, 0.2) is 0 Å². The molecule has 1 amide bonds. The largest absolute Gasteiger partial charge is 0.356 e. The smallest absolute Gasteiger partial charge is 0.220 e. The van der Waals surface area contributed by atoms with Crippen LogP contribution in [0.4, 0.5) is 0 Å². The highest BCUT2D eigenvalue weighted by molar-refractivity contribution is 7.90. The standard InChI is InChI=1S/C13H25N3O3S/c1-15-7-8-16(9-10-20(2,18)19)11-13(15)4-3-12(17)14-6-5-13/h3-11H2,1-2H3,(H,14,17)/t13-/m1/s1. The third-order valence-corrected chi connectivity index (χ3v) is 5.51. The maximum absolute atomic E-state index is 11.5. The average Bonchev–Trinajstić information content (AvgIpc) is 2.54. The van der Waals surface area contributed by atoms with Crippen molar-refractivity contribution in [3.63, 3.8) is 0 Å². The molecule has 0 unspecified atom stereocenters. The van der Waals surface area contributed by atoms with Crippen LogP contribution in [0.25, 0.3) is 0 Å². The molecule has 7 heteroatoms. The minimum absolute atomic E-state index is 0.00884. The SMILES string of the molecule is CN1CCN(CCS(C)(=O)=O)C[C@@]12CCNC(=O)CC2. The van der Waals surface area contributed by atoms with Crippen molar-refractivity contribution >= 4 is 15.7 Å². The summed E-state index contributed by atoms with van der Waals surface area (Å²) >= 11 is 0. The fourth-order valence-electron chi connectivity index (χ4n) is 3.16. The molecular weight excluding hydrogens is 278 g/mol. The van der Waals surface area contributed by atoms with Crippen LogP contribution in [0.1, 0.15) is 19.3 Å². The van der Waals surface area contributed by atoms with Crippen LogP contribution < -0.4 is 5.32 Å². The lowest BCUT2D eigenvalue weighted by molar-refractivity contribution is -0.121. The van der Waals surface area contributed by atoms with Crippen LogP contribution in [0.3, 0.4) is 0 Å². The zero-order valence-electron chi connectivity index (χ0n) is 12.4. The lowest BCUT2D eigenvalue weighted by Gasteiger charge is -2.49. The van der Waals surface area contributed by atoms with E-state index in [-0.39, 0.29) is 17.2 Å². The number of rotatable bonds is 3. The Morgan fingerprint density at radius 1 is 1.30 bits per heavy atom. The topological polar surface area (TPSA) is 69.7 Å². The second-order valence-electron chi connectivity index (χ2n) is 6.15. The van der Waals surface area contributed by atoms with Crippen molar-refractivity contribution in [2.75, 3.05) is 51.8 Å². The van der Waals surface area contributed by atoms with Gasteiger partial charge >= 0.3 is 0 Å². The van der Waals surface area contributed by atoms with E-state index < -0.39 is 9.84 Å². The van der Waals surface area contributed by atoms with E-state index in [9.17, 15) is 13.2 Å². The summed E-state index contributed by atoms with van der Waals surface area (Å²) in [7, 11) is -0.802. The first-order valence-corrected chi connectivity index (χ1v) is 9.25. The Bertz CT molecular complexity index is 465. The van der Waals surface area contributed by atoms with Gasteiger partial charge in [0.15, 0.2) is 0 Å². The molecule has 0 radical (unpaired) electrons. The highest BCUT2D eigenvalue weighted by Gasteiger charge is 2.40. The predicted octanol–water partition coefficient (Wildman–Crippen LogP) is -0.683. The first-order chi connectivity index (χ1) is 9.31. The van der Waals surface area contributed by atoms with Gasteiger partial charge in [-0.3, -0.25) is 14.6 Å². The summed E-state index contributed by atoms with van der Waals surface area (Å²) in [6.45, 7) is 3.99. The van der Waals surface area contributed by atoms with Gasteiger partial charge in [-0.2, -0.15) is 0 Å². The van der Waals surface area contributed by atoms with E-state index >= 15 is 0 Å². The Hall–Kier alpha value is -0.660. The lowest BCUT2D eigenvalue weighted by atomic mass is 9.86. The second kappa shape index (κ2) is 5.99. The van der Waals surface area contributed by atoms with Crippen molar-refractivity contribution in [3.05, 3.63) is 0 Å². The quantitative estimate of drug-likeness (QED) is 0.748. The van der Waals surface area contributed by atoms with E-state index in [1.807, 2.05) is 0 Å². The van der Waals surface area contributed by atoms with Crippen molar-refractivity contribution in [2.24, 2.45) is 0 Å². The number of likely N-dealkylation sites (N-methyl/N-ethyl adjacent to an activating group) is 1. The fraction of sp³-hybridized carbons (Fsp3) is 0.923. The monoisotopic (exact) mass is 303 g/mol. The summed E-state index contributed by atoms with van der Waals surface area (Å²) in [6.07, 6.45) is 3.63. The van der Waals surface area contributed by atoms with Crippen LogP contribution in [0, 0.1) is 0 Å². The summed E-state index contributed by atoms with van der Waals surface area (Å²) in [5.74, 6) is 0.341. The van der Waals surface area contributed by atoms with E-state index in [1.54, 1.807) is 0 Å². The van der Waals surface area contributed by atoms with E-state index in [0.717, 1.165) is 32.5 Å². The van der Waals surface area contributed by atoms with Crippen LogP contribution >= 0.6 is 0 Å². The number of sulfone groups is 1. The number of carbonyl (C=O) groups excluding carboxylic acids is 1. The molecule has 2 heterocycles. The van der Waals surface area contributed by atoms with Crippen molar-refractivity contribution in [2.45, 2.75) is 24.8 Å². The van der Waals surface area contributed by atoms with Gasteiger partial charge in [0.2, 0.25) is 5.91 Å². The molecule has 2 fully saturated rings. The first kappa shape index (κ1) is 15.7. The van der Waals surface area contributed by atoms with Gasteiger partial charge in [0.1, 0.15) is 9.84 Å². The molecule has 0 saturated carbocycles. The highest BCUT2D eigenvalue weighted by atomic mass is 32.2. The van der Waals surface area contributed by atoms with Crippen LogP contribution in [0.5, 0.6) is 0 Å². The molecule has 2 aliphatic rings. The molecule has 0 aromatic carbocycles. The zero-order valence-corrected chi connectivity index (χ0v) is 13.2. The van der Waals surface area contributed by atoms with Crippen molar-refractivity contribution in [1.29, 1.82) is 0 Å². The van der Waals surface area contributed by atoms with Crippen LogP contribution in [-0.4, -0.2) is 81.4 Å². The number of nitrogens with zero attached hydrogens (tertiary/aromatic N) is 2. The normalized spacial score (nSPS) is 30.2. The molecule has 2 saturated heterocycles. The molecule has 116 valence electrons.